The fourth-order valence-corrected chi connectivity index (χ4v) is 0.512. The van der Waals surface area contributed by atoms with Crippen molar-refractivity contribution in [3.8, 4) is 0 Å². The third-order valence-electron chi connectivity index (χ3n) is 1.55. The summed E-state index contributed by atoms with van der Waals surface area (Å²) < 4.78 is 27.3. The van der Waals surface area contributed by atoms with E-state index in [1.54, 1.807) is 6.92 Å². The normalized spacial score (nSPS) is 16.5. The number of halogens is 2. The number of ether oxygens (including phenoxy) is 1. The lowest BCUT2D eigenvalue weighted by Crippen LogP contribution is -2.44. The van der Waals surface area contributed by atoms with Gasteiger partial charge in [-0.1, -0.05) is 6.92 Å². The van der Waals surface area contributed by atoms with E-state index in [-0.39, 0.29) is 6.42 Å². The van der Waals surface area contributed by atoms with Crippen LogP contribution in [0.3, 0.4) is 0 Å². The summed E-state index contributed by atoms with van der Waals surface area (Å²) in [6.45, 7) is -0.179. The minimum atomic E-state index is -2.97. The number of hydrogen-bond donors (Lipinski definition) is 1. The van der Waals surface area contributed by atoms with Crippen molar-refractivity contribution in [3.63, 3.8) is 0 Å². The summed E-state index contributed by atoms with van der Waals surface area (Å²) in [5.74, 6) is -0.875. The van der Waals surface area contributed by atoms with Crippen molar-refractivity contribution in [2.75, 3.05) is 0 Å². The second-order valence-corrected chi connectivity index (χ2v) is 2.33. The van der Waals surface area contributed by atoms with Crippen LogP contribution in [0.2, 0.25) is 0 Å². The third kappa shape index (κ3) is 2.80. The third-order valence-corrected chi connectivity index (χ3v) is 1.55. The Morgan fingerprint density at radius 2 is 2.18 bits per heavy atom. The SMILES string of the molecule is CCC(C)(OC(F)F)C(N)=O. The monoisotopic (exact) mass is 167 g/mol. The lowest BCUT2D eigenvalue weighted by atomic mass is 10.0. The molecule has 0 spiro atoms. The van der Waals surface area contributed by atoms with Crippen LogP contribution < -0.4 is 5.73 Å². The fraction of sp³-hybridized carbons (Fsp3) is 0.833. The molecule has 11 heavy (non-hydrogen) atoms. The van der Waals surface area contributed by atoms with Crippen molar-refractivity contribution in [3.05, 3.63) is 0 Å². The number of rotatable bonds is 4. The van der Waals surface area contributed by atoms with E-state index in [1.165, 1.54) is 6.92 Å². The highest BCUT2D eigenvalue weighted by atomic mass is 19.3. The van der Waals surface area contributed by atoms with E-state index in [9.17, 15) is 13.6 Å². The average molecular weight is 167 g/mol. The summed E-state index contributed by atoms with van der Waals surface area (Å²) in [5.41, 5.74) is 3.29. The molecule has 1 atom stereocenters. The van der Waals surface area contributed by atoms with Crippen molar-refractivity contribution in [2.24, 2.45) is 5.73 Å². The molecule has 0 aliphatic rings. The second-order valence-electron chi connectivity index (χ2n) is 2.33. The maximum Gasteiger partial charge on any atom is 0.346 e. The summed E-state index contributed by atoms with van der Waals surface area (Å²) in [6.07, 6.45) is 0.132. The highest BCUT2D eigenvalue weighted by Gasteiger charge is 2.33. The molecule has 2 N–H and O–H groups in total. The van der Waals surface area contributed by atoms with Gasteiger partial charge in [0.1, 0.15) is 5.60 Å². The summed E-state index contributed by atoms with van der Waals surface area (Å²) >= 11 is 0. The van der Waals surface area contributed by atoms with Crippen molar-refractivity contribution in [2.45, 2.75) is 32.5 Å². The number of carbonyl (C=O) groups excluding carboxylic acids is 1. The summed E-state index contributed by atoms with van der Waals surface area (Å²) in [4.78, 5) is 10.6. The van der Waals surface area contributed by atoms with Gasteiger partial charge in [-0.3, -0.25) is 4.79 Å². The molecule has 0 aromatic heterocycles. The minimum absolute atomic E-state index is 0.132. The Morgan fingerprint density at radius 1 is 1.73 bits per heavy atom. The molecular formula is C6H11F2NO2. The smallest absolute Gasteiger partial charge is 0.346 e. The Hall–Kier alpha value is -0.710. The molecule has 1 amide bonds. The Balaban J connectivity index is 4.22. The molecule has 0 radical (unpaired) electrons. The van der Waals surface area contributed by atoms with E-state index in [0.29, 0.717) is 0 Å². The molecule has 1 unspecified atom stereocenters. The topological polar surface area (TPSA) is 52.3 Å². The minimum Gasteiger partial charge on any atom is -0.367 e. The van der Waals surface area contributed by atoms with Gasteiger partial charge in [0, 0.05) is 0 Å². The summed E-state index contributed by atoms with van der Waals surface area (Å²) in [7, 11) is 0. The van der Waals surface area contributed by atoms with Crippen LogP contribution in [0, 0.1) is 0 Å². The molecule has 0 heterocycles. The van der Waals surface area contributed by atoms with Crippen LogP contribution in [-0.4, -0.2) is 18.1 Å². The number of nitrogens with two attached hydrogens (primary N) is 1. The van der Waals surface area contributed by atoms with Crippen LogP contribution >= 0.6 is 0 Å². The molecule has 5 heteroatoms. The zero-order valence-electron chi connectivity index (χ0n) is 6.43. The van der Waals surface area contributed by atoms with Crippen LogP contribution in [0.15, 0.2) is 0 Å². The molecular weight excluding hydrogens is 156 g/mol. The van der Waals surface area contributed by atoms with Crippen molar-refractivity contribution in [1.82, 2.24) is 0 Å². The predicted molar refractivity (Wildman–Crippen MR) is 35.0 cm³/mol. The van der Waals surface area contributed by atoms with E-state index < -0.39 is 18.1 Å². The predicted octanol–water partition coefficient (Wildman–Crippen LogP) is 0.880. The van der Waals surface area contributed by atoms with Gasteiger partial charge in [0.15, 0.2) is 0 Å². The number of hydrogen-bond acceptors (Lipinski definition) is 2. The van der Waals surface area contributed by atoms with E-state index in [4.69, 9.17) is 5.73 Å². The average Bonchev–Trinajstić information content (AvgIpc) is 1.86. The number of amides is 1. The van der Waals surface area contributed by atoms with Crippen LogP contribution in [0.25, 0.3) is 0 Å². The molecule has 0 aliphatic carbocycles. The first-order valence-corrected chi connectivity index (χ1v) is 3.18. The van der Waals surface area contributed by atoms with Gasteiger partial charge < -0.3 is 10.5 Å². The van der Waals surface area contributed by atoms with Gasteiger partial charge in [-0.25, -0.2) is 0 Å². The maximum absolute atomic E-state index is 11.6. The van der Waals surface area contributed by atoms with Crippen molar-refractivity contribution >= 4 is 5.91 Å². The Morgan fingerprint density at radius 3 is 2.27 bits per heavy atom. The van der Waals surface area contributed by atoms with Crippen LogP contribution in [0.5, 0.6) is 0 Å². The highest BCUT2D eigenvalue weighted by molar-refractivity contribution is 5.82. The fourth-order valence-electron chi connectivity index (χ4n) is 0.512. The Labute approximate surface area is 63.5 Å². The first-order chi connectivity index (χ1) is 4.92. The molecule has 0 aliphatic heterocycles. The summed E-state index contributed by atoms with van der Waals surface area (Å²) in [6, 6.07) is 0. The van der Waals surface area contributed by atoms with E-state index >= 15 is 0 Å². The van der Waals surface area contributed by atoms with Gasteiger partial charge in [-0.2, -0.15) is 8.78 Å². The van der Waals surface area contributed by atoms with Crippen LogP contribution in [0.4, 0.5) is 8.78 Å². The standard InChI is InChI=1S/C6H11F2NO2/c1-3-6(2,4(9)10)11-5(7)8/h5H,3H2,1-2H3,(H2,9,10). The van der Waals surface area contributed by atoms with E-state index in [1.807, 2.05) is 0 Å². The Bertz CT molecular complexity index is 152. The van der Waals surface area contributed by atoms with Gasteiger partial charge in [0.05, 0.1) is 0 Å². The van der Waals surface area contributed by atoms with E-state index in [2.05, 4.69) is 4.74 Å². The van der Waals surface area contributed by atoms with Crippen LogP contribution in [-0.2, 0) is 9.53 Å². The molecule has 0 saturated heterocycles. The highest BCUT2D eigenvalue weighted by Crippen LogP contribution is 2.17. The first kappa shape index (κ1) is 10.3. The molecule has 0 rings (SSSR count). The lowest BCUT2D eigenvalue weighted by molar-refractivity contribution is -0.204. The maximum atomic E-state index is 11.6. The summed E-state index contributed by atoms with van der Waals surface area (Å²) in [5, 5.41) is 0. The van der Waals surface area contributed by atoms with Gasteiger partial charge >= 0.3 is 6.61 Å². The zero-order chi connectivity index (χ0) is 9.07. The second kappa shape index (κ2) is 3.61. The molecule has 0 aromatic carbocycles. The molecule has 0 saturated carbocycles. The number of alkyl halides is 2. The number of primary amides is 1. The van der Waals surface area contributed by atoms with Gasteiger partial charge in [0.2, 0.25) is 5.91 Å². The van der Waals surface area contributed by atoms with Gasteiger partial charge in [-0.15, -0.1) is 0 Å². The van der Waals surface area contributed by atoms with Crippen molar-refractivity contribution in [1.29, 1.82) is 0 Å². The first-order valence-electron chi connectivity index (χ1n) is 3.18. The Kier molecular flexibility index (Phi) is 3.38. The van der Waals surface area contributed by atoms with Crippen LogP contribution in [0.1, 0.15) is 20.3 Å². The molecule has 66 valence electrons. The van der Waals surface area contributed by atoms with Gasteiger partial charge in [0.25, 0.3) is 0 Å². The molecule has 0 bridgehead atoms. The number of carbonyl (C=O) groups is 1. The van der Waals surface area contributed by atoms with Crippen molar-refractivity contribution < 1.29 is 18.3 Å². The van der Waals surface area contributed by atoms with E-state index in [0.717, 1.165) is 0 Å². The quantitative estimate of drug-likeness (QED) is 0.675. The zero-order valence-corrected chi connectivity index (χ0v) is 6.43. The molecule has 0 aromatic rings. The van der Waals surface area contributed by atoms with Gasteiger partial charge in [-0.05, 0) is 13.3 Å². The molecule has 3 nitrogen and oxygen atoms in total. The largest absolute Gasteiger partial charge is 0.367 e. The molecule has 0 fully saturated rings. The lowest BCUT2D eigenvalue weighted by Gasteiger charge is -2.23.